The van der Waals surface area contributed by atoms with Crippen molar-refractivity contribution in [2.75, 3.05) is 24.6 Å². The van der Waals surface area contributed by atoms with E-state index in [1.54, 1.807) is 17.0 Å². The highest BCUT2D eigenvalue weighted by Gasteiger charge is 2.24. The summed E-state index contributed by atoms with van der Waals surface area (Å²) in [5.74, 6) is 0.799. The smallest absolute Gasteiger partial charge is 0.293 e. The van der Waals surface area contributed by atoms with Crippen molar-refractivity contribution in [1.29, 1.82) is 0 Å². The molecule has 1 aliphatic rings. The monoisotopic (exact) mass is 237 g/mol. The van der Waals surface area contributed by atoms with Crippen LogP contribution in [0.25, 0.3) is 0 Å². The summed E-state index contributed by atoms with van der Waals surface area (Å²) in [6.07, 6.45) is 5.27. The highest BCUT2D eigenvalue weighted by Crippen LogP contribution is 2.18. The van der Waals surface area contributed by atoms with Crippen LogP contribution in [0.5, 0.6) is 0 Å². The Bertz CT molecular complexity index is 430. The molecule has 1 fully saturated rings. The van der Waals surface area contributed by atoms with Gasteiger partial charge >= 0.3 is 0 Å². The number of rotatable bonds is 4. The van der Waals surface area contributed by atoms with Gasteiger partial charge in [-0.2, -0.15) is 0 Å². The molecule has 2 rings (SSSR count). The van der Waals surface area contributed by atoms with Gasteiger partial charge in [-0.1, -0.05) is 6.92 Å². The summed E-state index contributed by atoms with van der Waals surface area (Å²) >= 11 is 0. The van der Waals surface area contributed by atoms with Crippen LogP contribution < -0.4 is 10.5 Å². The third-order valence-corrected chi connectivity index (χ3v) is 3.20. The summed E-state index contributed by atoms with van der Waals surface area (Å²) in [5, 5.41) is 9.11. The number of anilines is 1. The third-order valence-electron chi connectivity index (χ3n) is 3.20. The summed E-state index contributed by atoms with van der Waals surface area (Å²) in [6, 6.07) is 0. The van der Waals surface area contributed by atoms with E-state index in [1.807, 2.05) is 11.8 Å². The van der Waals surface area contributed by atoms with Crippen LogP contribution in [0.15, 0.2) is 17.2 Å². The average Bonchev–Trinajstić information content (AvgIpc) is 2.80. The van der Waals surface area contributed by atoms with Gasteiger partial charge in [-0.15, -0.1) is 0 Å². The zero-order valence-corrected chi connectivity index (χ0v) is 10.2. The zero-order valence-electron chi connectivity index (χ0n) is 10.2. The topological polar surface area (TPSA) is 58.4 Å². The van der Waals surface area contributed by atoms with Crippen LogP contribution in [0.1, 0.15) is 19.8 Å². The van der Waals surface area contributed by atoms with Crippen molar-refractivity contribution in [2.24, 2.45) is 5.92 Å². The van der Waals surface area contributed by atoms with Gasteiger partial charge in [0.25, 0.3) is 5.56 Å². The molecular formula is C12H19N3O2. The molecule has 0 saturated carbocycles. The van der Waals surface area contributed by atoms with Gasteiger partial charge in [0.15, 0.2) is 5.82 Å². The fraction of sp³-hybridized carbons (Fsp3) is 0.667. The largest absolute Gasteiger partial charge is 0.396 e. The quantitative estimate of drug-likeness (QED) is 0.827. The highest BCUT2D eigenvalue weighted by atomic mass is 16.3. The molecule has 94 valence electrons. The van der Waals surface area contributed by atoms with Crippen LogP contribution in [-0.4, -0.2) is 34.4 Å². The van der Waals surface area contributed by atoms with Gasteiger partial charge in [-0.25, -0.2) is 4.98 Å². The van der Waals surface area contributed by atoms with Crippen molar-refractivity contribution in [1.82, 2.24) is 9.55 Å². The van der Waals surface area contributed by atoms with Crippen molar-refractivity contribution in [2.45, 2.75) is 26.3 Å². The summed E-state index contributed by atoms with van der Waals surface area (Å²) in [6.45, 7) is 4.50. The lowest BCUT2D eigenvalue weighted by Gasteiger charge is -2.17. The van der Waals surface area contributed by atoms with Crippen LogP contribution in [0.4, 0.5) is 5.82 Å². The standard InChI is InChI=1S/C12H19N3O2/c1-2-5-14-7-4-13-11(12(14)17)15-6-3-10(8-15)9-16/h4,7,10,16H,2-3,5-6,8-9H2,1H3. The van der Waals surface area contributed by atoms with E-state index >= 15 is 0 Å². The molecule has 1 aromatic heterocycles. The normalized spacial score (nSPS) is 19.9. The van der Waals surface area contributed by atoms with Gasteiger partial charge < -0.3 is 14.6 Å². The Balaban J connectivity index is 2.22. The minimum atomic E-state index is -0.0204. The van der Waals surface area contributed by atoms with Gasteiger partial charge in [0.05, 0.1) is 0 Å². The number of aromatic nitrogens is 2. The summed E-state index contributed by atoms with van der Waals surface area (Å²) < 4.78 is 1.70. The number of hydrogen-bond acceptors (Lipinski definition) is 4. The zero-order chi connectivity index (χ0) is 12.3. The van der Waals surface area contributed by atoms with Gasteiger partial charge in [-0.05, 0) is 12.8 Å². The fourth-order valence-corrected chi connectivity index (χ4v) is 2.24. The molecule has 1 saturated heterocycles. The van der Waals surface area contributed by atoms with E-state index in [1.165, 1.54) is 0 Å². The van der Waals surface area contributed by atoms with Gasteiger partial charge in [0.1, 0.15) is 0 Å². The Kier molecular flexibility index (Phi) is 3.78. The minimum Gasteiger partial charge on any atom is -0.396 e. The molecule has 1 atom stereocenters. The highest BCUT2D eigenvalue weighted by molar-refractivity contribution is 5.37. The first-order valence-electron chi connectivity index (χ1n) is 6.17. The lowest BCUT2D eigenvalue weighted by atomic mass is 10.1. The van der Waals surface area contributed by atoms with Crippen LogP contribution >= 0.6 is 0 Å². The molecule has 0 amide bonds. The molecule has 1 N–H and O–H groups in total. The van der Waals surface area contributed by atoms with Crippen LogP contribution in [-0.2, 0) is 6.54 Å². The maximum Gasteiger partial charge on any atom is 0.293 e. The maximum atomic E-state index is 12.1. The number of aryl methyl sites for hydroxylation is 1. The lowest BCUT2D eigenvalue weighted by Crippen LogP contribution is -2.32. The summed E-state index contributed by atoms with van der Waals surface area (Å²) in [7, 11) is 0. The Morgan fingerprint density at radius 1 is 1.59 bits per heavy atom. The molecule has 1 unspecified atom stereocenters. The molecule has 0 aromatic carbocycles. The summed E-state index contributed by atoms with van der Waals surface area (Å²) in [4.78, 5) is 18.3. The second-order valence-electron chi connectivity index (χ2n) is 4.53. The molecule has 0 aliphatic carbocycles. The predicted octanol–water partition coefficient (Wildman–Crippen LogP) is 0.472. The Morgan fingerprint density at radius 2 is 2.41 bits per heavy atom. The van der Waals surface area contributed by atoms with Crippen molar-refractivity contribution in [3.05, 3.63) is 22.7 Å². The molecule has 2 heterocycles. The van der Waals surface area contributed by atoms with Crippen LogP contribution in [0.3, 0.4) is 0 Å². The molecule has 5 heteroatoms. The predicted molar refractivity (Wildman–Crippen MR) is 66.2 cm³/mol. The minimum absolute atomic E-state index is 0.0204. The van der Waals surface area contributed by atoms with E-state index in [0.717, 1.165) is 32.5 Å². The number of aliphatic hydroxyl groups excluding tert-OH is 1. The molecule has 17 heavy (non-hydrogen) atoms. The van der Waals surface area contributed by atoms with Gasteiger partial charge in [0, 0.05) is 44.6 Å². The second kappa shape index (κ2) is 5.31. The van der Waals surface area contributed by atoms with Crippen LogP contribution in [0, 0.1) is 5.92 Å². The van der Waals surface area contributed by atoms with Crippen molar-refractivity contribution in [3.8, 4) is 0 Å². The maximum absolute atomic E-state index is 12.1. The van der Waals surface area contributed by atoms with E-state index in [-0.39, 0.29) is 18.1 Å². The molecular weight excluding hydrogens is 218 g/mol. The first kappa shape index (κ1) is 12.1. The average molecular weight is 237 g/mol. The van der Waals surface area contributed by atoms with E-state index in [9.17, 15) is 4.79 Å². The lowest BCUT2D eigenvalue weighted by molar-refractivity contribution is 0.238. The first-order valence-corrected chi connectivity index (χ1v) is 6.17. The van der Waals surface area contributed by atoms with E-state index < -0.39 is 0 Å². The first-order chi connectivity index (χ1) is 8.26. The Labute approximate surface area is 101 Å². The second-order valence-corrected chi connectivity index (χ2v) is 4.53. The number of hydrogen-bond donors (Lipinski definition) is 1. The van der Waals surface area contributed by atoms with E-state index in [0.29, 0.717) is 5.82 Å². The molecule has 0 radical (unpaired) electrons. The van der Waals surface area contributed by atoms with Crippen LogP contribution in [0.2, 0.25) is 0 Å². The third kappa shape index (κ3) is 2.49. The van der Waals surface area contributed by atoms with Gasteiger partial charge in [-0.3, -0.25) is 4.79 Å². The molecule has 1 aliphatic heterocycles. The Hall–Kier alpha value is -1.36. The molecule has 5 nitrogen and oxygen atoms in total. The number of nitrogens with zero attached hydrogens (tertiary/aromatic N) is 3. The fourth-order valence-electron chi connectivity index (χ4n) is 2.24. The van der Waals surface area contributed by atoms with Crippen molar-refractivity contribution >= 4 is 5.82 Å². The Morgan fingerprint density at radius 3 is 3.06 bits per heavy atom. The van der Waals surface area contributed by atoms with Crippen molar-refractivity contribution in [3.63, 3.8) is 0 Å². The molecule has 0 bridgehead atoms. The van der Waals surface area contributed by atoms with Crippen molar-refractivity contribution < 1.29 is 5.11 Å². The van der Waals surface area contributed by atoms with E-state index in [2.05, 4.69) is 4.98 Å². The summed E-state index contributed by atoms with van der Waals surface area (Å²) in [5.41, 5.74) is -0.0204. The molecule has 0 spiro atoms. The number of aliphatic hydroxyl groups is 1. The van der Waals surface area contributed by atoms with Gasteiger partial charge in [0.2, 0.25) is 0 Å². The molecule has 1 aromatic rings. The van der Waals surface area contributed by atoms with E-state index in [4.69, 9.17) is 5.11 Å². The SMILES string of the molecule is CCCn1ccnc(N2CCC(CO)C2)c1=O.